The van der Waals surface area contributed by atoms with Gasteiger partial charge in [-0.2, -0.15) is 0 Å². The summed E-state index contributed by atoms with van der Waals surface area (Å²) in [5.41, 5.74) is 8.01. The lowest BCUT2D eigenvalue weighted by molar-refractivity contribution is 0.100. The van der Waals surface area contributed by atoms with Crippen molar-refractivity contribution in [3.05, 3.63) is 82.4 Å². The number of nitrogens with one attached hydrogen (secondary N) is 1. The van der Waals surface area contributed by atoms with Crippen LogP contribution in [-0.2, 0) is 12.8 Å². The van der Waals surface area contributed by atoms with Gasteiger partial charge in [-0.3, -0.25) is 14.9 Å². The van der Waals surface area contributed by atoms with E-state index in [-0.39, 0.29) is 5.91 Å². The van der Waals surface area contributed by atoms with Gasteiger partial charge in [-0.05, 0) is 30.0 Å². The lowest BCUT2D eigenvalue weighted by Crippen LogP contribution is -2.14. The molecule has 0 radical (unpaired) electrons. The van der Waals surface area contributed by atoms with Crippen LogP contribution in [-0.4, -0.2) is 16.8 Å². The molecule has 5 nitrogen and oxygen atoms in total. The average Bonchev–Trinajstić information content (AvgIpc) is 3.10. The minimum absolute atomic E-state index is 0.242. The van der Waals surface area contributed by atoms with Gasteiger partial charge >= 0.3 is 0 Å². The SMILES string of the molecule is NC(=O)c1cnc(NC(=O)c2ccccc2CCc2ccccc2)s1. The van der Waals surface area contributed by atoms with Gasteiger partial charge in [-0.25, -0.2) is 4.98 Å². The van der Waals surface area contributed by atoms with Gasteiger partial charge < -0.3 is 5.73 Å². The van der Waals surface area contributed by atoms with Crippen LogP contribution in [0.4, 0.5) is 5.13 Å². The fourth-order valence-corrected chi connectivity index (χ4v) is 3.16. The molecule has 6 heteroatoms. The van der Waals surface area contributed by atoms with Crippen molar-refractivity contribution in [1.29, 1.82) is 0 Å². The number of rotatable bonds is 6. The first-order valence-corrected chi connectivity index (χ1v) is 8.64. The van der Waals surface area contributed by atoms with Crippen molar-refractivity contribution in [2.45, 2.75) is 12.8 Å². The van der Waals surface area contributed by atoms with Crippen LogP contribution in [0.15, 0.2) is 60.8 Å². The molecule has 0 saturated carbocycles. The lowest BCUT2D eigenvalue weighted by Gasteiger charge is -2.09. The molecule has 0 bridgehead atoms. The monoisotopic (exact) mass is 351 g/mol. The van der Waals surface area contributed by atoms with Crippen LogP contribution < -0.4 is 11.1 Å². The first kappa shape index (κ1) is 16.9. The second-order valence-corrected chi connectivity index (χ2v) is 6.52. The molecule has 1 heterocycles. The second kappa shape index (κ2) is 7.72. The third kappa shape index (κ3) is 4.30. The maximum atomic E-state index is 12.6. The minimum atomic E-state index is -0.554. The van der Waals surface area contributed by atoms with Gasteiger partial charge in [-0.15, -0.1) is 0 Å². The zero-order chi connectivity index (χ0) is 17.6. The quantitative estimate of drug-likeness (QED) is 0.715. The Hall–Kier alpha value is -2.99. The van der Waals surface area contributed by atoms with Gasteiger partial charge in [0, 0.05) is 5.56 Å². The molecule has 126 valence electrons. The van der Waals surface area contributed by atoms with Crippen molar-refractivity contribution < 1.29 is 9.59 Å². The summed E-state index contributed by atoms with van der Waals surface area (Å²) in [5, 5.41) is 3.09. The van der Waals surface area contributed by atoms with Gasteiger partial charge in [0.1, 0.15) is 4.88 Å². The summed E-state index contributed by atoms with van der Waals surface area (Å²) in [6.45, 7) is 0. The number of nitrogens with two attached hydrogens (primary N) is 1. The topological polar surface area (TPSA) is 85.1 Å². The molecule has 1 aromatic heterocycles. The molecule has 3 rings (SSSR count). The molecule has 0 unspecified atom stereocenters. The average molecular weight is 351 g/mol. The summed E-state index contributed by atoms with van der Waals surface area (Å²) >= 11 is 1.06. The third-order valence-electron chi connectivity index (χ3n) is 3.76. The molecule has 25 heavy (non-hydrogen) atoms. The lowest BCUT2D eigenvalue weighted by atomic mass is 9.99. The zero-order valence-electron chi connectivity index (χ0n) is 13.4. The van der Waals surface area contributed by atoms with Crippen LogP contribution in [0.1, 0.15) is 31.2 Å². The van der Waals surface area contributed by atoms with E-state index in [2.05, 4.69) is 22.4 Å². The van der Waals surface area contributed by atoms with Crippen LogP contribution in [0.2, 0.25) is 0 Å². The summed E-state index contributed by atoms with van der Waals surface area (Å²) in [5.74, 6) is -0.796. The Balaban J connectivity index is 1.72. The fourth-order valence-electron chi connectivity index (χ4n) is 2.49. The number of anilines is 1. The van der Waals surface area contributed by atoms with Gasteiger partial charge in [0.25, 0.3) is 11.8 Å². The summed E-state index contributed by atoms with van der Waals surface area (Å²) < 4.78 is 0. The maximum Gasteiger partial charge on any atom is 0.260 e. The van der Waals surface area contributed by atoms with Crippen LogP contribution in [0.25, 0.3) is 0 Å². The summed E-state index contributed by atoms with van der Waals surface area (Å²) in [6.07, 6.45) is 2.98. The highest BCUT2D eigenvalue weighted by Crippen LogP contribution is 2.20. The summed E-state index contributed by atoms with van der Waals surface area (Å²) in [7, 11) is 0. The number of amides is 2. The molecule has 0 aliphatic rings. The predicted molar refractivity (Wildman–Crippen MR) is 98.9 cm³/mol. The molecule has 2 aromatic carbocycles. The highest BCUT2D eigenvalue weighted by molar-refractivity contribution is 7.17. The molecule has 0 spiro atoms. The molecular weight excluding hydrogens is 334 g/mol. The molecule has 0 aliphatic carbocycles. The molecule has 0 aliphatic heterocycles. The van der Waals surface area contributed by atoms with E-state index in [0.29, 0.717) is 15.6 Å². The van der Waals surface area contributed by atoms with Crippen molar-refractivity contribution >= 4 is 28.3 Å². The van der Waals surface area contributed by atoms with E-state index in [4.69, 9.17) is 5.73 Å². The molecular formula is C19H17N3O2S. The Labute approximate surface area is 149 Å². The van der Waals surface area contributed by atoms with Crippen molar-refractivity contribution in [3.63, 3.8) is 0 Å². The molecule has 2 amide bonds. The number of hydrogen-bond donors (Lipinski definition) is 2. The van der Waals surface area contributed by atoms with E-state index in [1.165, 1.54) is 11.8 Å². The van der Waals surface area contributed by atoms with Gasteiger partial charge in [0.2, 0.25) is 0 Å². The number of carbonyl (C=O) groups is 2. The summed E-state index contributed by atoms with van der Waals surface area (Å²) in [4.78, 5) is 28.0. The van der Waals surface area contributed by atoms with Crippen molar-refractivity contribution in [1.82, 2.24) is 4.98 Å². The van der Waals surface area contributed by atoms with E-state index >= 15 is 0 Å². The third-order valence-corrected chi connectivity index (χ3v) is 4.68. The van der Waals surface area contributed by atoms with E-state index in [0.717, 1.165) is 29.7 Å². The molecule has 3 aromatic rings. The number of hydrogen-bond acceptors (Lipinski definition) is 4. The number of benzene rings is 2. The highest BCUT2D eigenvalue weighted by atomic mass is 32.1. The fraction of sp³-hybridized carbons (Fsp3) is 0.105. The van der Waals surface area contributed by atoms with Crippen molar-refractivity contribution in [2.24, 2.45) is 5.73 Å². The molecule has 0 atom stereocenters. The van der Waals surface area contributed by atoms with Gasteiger partial charge in [0.15, 0.2) is 5.13 Å². The van der Waals surface area contributed by atoms with Crippen molar-refractivity contribution in [3.8, 4) is 0 Å². The van der Waals surface area contributed by atoms with Crippen LogP contribution in [0.5, 0.6) is 0 Å². The maximum absolute atomic E-state index is 12.6. The van der Waals surface area contributed by atoms with E-state index in [9.17, 15) is 9.59 Å². The molecule has 3 N–H and O–H groups in total. The van der Waals surface area contributed by atoms with Crippen molar-refractivity contribution in [2.75, 3.05) is 5.32 Å². The van der Waals surface area contributed by atoms with Crippen LogP contribution >= 0.6 is 11.3 Å². The van der Waals surface area contributed by atoms with Gasteiger partial charge in [0.05, 0.1) is 6.20 Å². The smallest absolute Gasteiger partial charge is 0.260 e. The Kier molecular flexibility index (Phi) is 5.20. The normalized spacial score (nSPS) is 10.4. The Morgan fingerprint density at radius 2 is 1.72 bits per heavy atom. The largest absolute Gasteiger partial charge is 0.365 e. The minimum Gasteiger partial charge on any atom is -0.365 e. The number of primary amides is 1. The second-order valence-electron chi connectivity index (χ2n) is 5.49. The van der Waals surface area contributed by atoms with Crippen LogP contribution in [0, 0.1) is 0 Å². The zero-order valence-corrected chi connectivity index (χ0v) is 14.3. The number of carbonyl (C=O) groups excluding carboxylic acids is 2. The first-order chi connectivity index (χ1) is 12.1. The highest BCUT2D eigenvalue weighted by Gasteiger charge is 2.14. The predicted octanol–water partition coefficient (Wildman–Crippen LogP) is 3.28. The standard InChI is InChI=1S/C19H17N3O2S/c20-17(23)16-12-21-19(25-16)22-18(24)15-9-5-4-8-14(15)11-10-13-6-2-1-3-7-13/h1-9,12H,10-11H2,(H2,20,23)(H,21,22,24). The van der Waals surface area contributed by atoms with E-state index in [1.807, 2.05) is 36.4 Å². The molecule has 0 saturated heterocycles. The Morgan fingerprint density at radius 3 is 2.44 bits per heavy atom. The molecule has 0 fully saturated rings. The van der Waals surface area contributed by atoms with E-state index < -0.39 is 5.91 Å². The summed E-state index contributed by atoms with van der Waals surface area (Å²) in [6, 6.07) is 17.6. The number of thiazole rings is 1. The number of aryl methyl sites for hydroxylation is 2. The Bertz CT molecular complexity index is 890. The van der Waals surface area contributed by atoms with E-state index in [1.54, 1.807) is 6.07 Å². The number of nitrogens with zero attached hydrogens (tertiary/aromatic N) is 1. The Morgan fingerprint density at radius 1 is 1.00 bits per heavy atom. The first-order valence-electron chi connectivity index (χ1n) is 7.82. The van der Waals surface area contributed by atoms with Crippen LogP contribution in [0.3, 0.4) is 0 Å². The number of aromatic nitrogens is 1. The van der Waals surface area contributed by atoms with Gasteiger partial charge in [-0.1, -0.05) is 59.9 Å².